The number of halogens is 1. The zero-order valence-electron chi connectivity index (χ0n) is 13.9. The van der Waals surface area contributed by atoms with Crippen LogP contribution in [0, 0.1) is 12.7 Å². The van der Waals surface area contributed by atoms with Crippen molar-refractivity contribution in [3.05, 3.63) is 69.6 Å². The summed E-state index contributed by atoms with van der Waals surface area (Å²) < 4.78 is 15.6. The van der Waals surface area contributed by atoms with Crippen molar-refractivity contribution in [1.82, 2.24) is 4.57 Å². The summed E-state index contributed by atoms with van der Waals surface area (Å²) in [7, 11) is 1.92. The van der Waals surface area contributed by atoms with Gasteiger partial charge in [0.25, 0.3) is 0 Å². The highest BCUT2D eigenvalue weighted by molar-refractivity contribution is 5.85. The van der Waals surface area contributed by atoms with Crippen molar-refractivity contribution in [2.24, 2.45) is 7.05 Å². The van der Waals surface area contributed by atoms with Crippen molar-refractivity contribution in [1.29, 1.82) is 0 Å². The van der Waals surface area contributed by atoms with Gasteiger partial charge in [-0.1, -0.05) is 32.0 Å². The maximum absolute atomic E-state index is 13.6. The van der Waals surface area contributed by atoms with Gasteiger partial charge >= 0.3 is 0 Å². The van der Waals surface area contributed by atoms with Gasteiger partial charge in [-0.3, -0.25) is 4.79 Å². The van der Waals surface area contributed by atoms with Gasteiger partial charge in [-0.15, -0.1) is 0 Å². The van der Waals surface area contributed by atoms with Crippen LogP contribution in [-0.4, -0.2) is 4.57 Å². The van der Waals surface area contributed by atoms with Crippen molar-refractivity contribution in [3.63, 3.8) is 0 Å². The van der Waals surface area contributed by atoms with E-state index in [2.05, 4.69) is 19.9 Å². The molecule has 23 heavy (non-hydrogen) atoms. The Bertz CT molecular complexity index is 954. The van der Waals surface area contributed by atoms with Crippen LogP contribution >= 0.6 is 0 Å². The minimum Gasteiger partial charge on any atom is -0.343 e. The first-order valence-corrected chi connectivity index (χ1v) is 7.79. The Hall–Kier alpha value is -2.42. The van der Waals surface area contributed by atoms with Crippen molar-refractivity contribution in [2.45, 2.75) is 26.7 Å². The number of pyridine rings is 1. The predicted octanol–water partition coefficient (Wildman–Crippen LogP) is 4.78. The lowest BCUT2D eigenvalue weighted by Crippen LogP contribution is -2.14. The summed E-state index contributed by atoms with van der Waals surface area (Å²) in [5, 5.41) is 0.719. The normalized spacial score (nSPS) is 11.4. The lowest BCUT2D eigenvalue weighted by atomic mass is 9.98. The summed E-state index contributed by atoms with van der Waals surface area (Å²) in [6.07, 6.45) is 0. The Balaban J connectivity index is 2.38. The topological polar surface area (TPSA) is 22.0 Å². The molecule has 1 aromatic heterocycles. The van der Waals surface area contributed by atoms with Crippen LogP contribution in [0.25, 0.3) is 22.2 Å². The number of aryl methyl sites for hydroxylation is 1. The standard InChI is InChI=1S/C20H20FNO/c1-12(2)14-8-9-18-17(11-14)20(23)13(3)19(22(18)4)15-6-5-7-16(21)10-15/h5-12H,1-4H3. The van der Waals surface area contributed by atoms with Gasteiger partial charge in [0.1, 0.15) is 5.82 Å². The second-order valence-corrected chi connectivity index (χ2v) is 6.30. The number of rotatable bonds is 2. The number of benzene rings is 2. The molecule has 0 aliphatic carbocycles. The Kier molecular flexibility index (Phi) is 3.80. The number of hydrogen-bond donors (Lipinski definition) is 0. The SMILES string of the molecule is Cc1c(-c2cccc(F)c2)n(C)c2ccc(C(C)C)cc2c1=O. The van der Waals surface area contributed by atoms with Crippen molar-refractivity contribution >= 4 is 10.9 Å². The van der Waals surface area contributed by atoms with Gasteiger partial charge < -0.3 is 4.57 Å². The second kappa shape index (κ2) is 5.65. The molecule has 0 saturated heterocycles. The smallest absolute Gasteiger partial charge is 0.192 e. The maximum atomic E-state index is 13.6. The quantitative estimate of drug-likeness (QED) is 0.668. The van der Waals surface area contributed by atoms with Crippen LogP contribution in [0.1, 0.15) is 30.9 Å². The van der Waals surface area contributed by atoms with Crippen LogP contribution in [0.5, 0.6) is 0 Å². The van der Waals surface area contributed by atoms with Gasteiger partial charge in [-0.05, 0) is 42.7 Å². The van der Waals surface area contributed by atoms with Gasteiger partial charge in [-0.2, -0.15) is 0 Å². The van der Waals surface area contributed by atoms with E-state index in [1.165, 1.54) is 12.1 Å². The monoisotopic (exact) mass is 309 g/mol. The number of hydrogen-bond acceptors (Lipinski definition) is 1. The number of fused-ring (bicyclic) bond motifs is 1. The molecule has 0 fully saturated rings. The maximum Gasteiger partial charge on any atom is 0.192 e. The van der Waals surface area contributed by atoms with Gasteiger partial charge in [0.2, 0.25) is 0 Å². The Morgan fingerprint density at radius 1 is 1.09 bits per heavy atom. The highest BCUT2D eigenvalue weighted by Crippen LogP contribution is 2.27. The molecule has 0 saturated carbocycles. The van der Waals surface area contributed by atoms with E-state index in [1.807, 2.05) is 36.7 Å². The lowest BCUT2D eigenvalue weighted by Gasteiger charge is -2.17. The largest absolute Gasteiger partial charge is 0.343 e. The molecule has 3 aromatic rings. The molecule has 1 heterocycles. The summed E-state index contributed by atoms with van der Waals surface area (Å²) in [5.41, 5.74) is 4.15. The molecule has 0 atom stereocenters. The van der Waals surface area contributed by atoms with E-state index in [-0.39, 0.29) is 11.2 Å². The molecular weight excluding hydrogens is 289 g/mol. The molecule has 0 amide bonds. The summed E-state index contributed by atoms with van der Waals surface area (Å²) in [4.78, 5) is 12.8. The fourth-order valence-electron chi connectivity index (χ4n) is 3.11. The molecule has 0 bridgehead atoms. The zero-order chi connectivity index (χ0) is 16.7. The average Bonchev–Trinajstić information content (AvgIpc) is 2.52. The fourth-order valence-corrected chi connectivity index (χ4v) is 3.11. The van der Waals surface area contributed by atoms with Crippen molar-refractivity contribution in [2.75, 3.05) is 0 Å². The van der Waals surface area contributed by atoms with Crippen LogP contribution in [0.3, 0.4) is 0 Å². The Labute approximate surface area is 135 Å². The molecule has 0 radical (unpaired) electrons. The summed E-state index contributed by atoms with van der Waals surface area (Å²) in [6.45, 7) is 6.03. The highest BCUT2D eigenvalue weighted by Gasteiger charge is 2.15. The second-order valence-electron chi connectivity index (χ2n) is 6.30. The molecule has 2 aromatic carbocycles. The lowest BCUT2D eigenvalue weighted by molar-refractivity contribution is 0.628. The van der Waals surface area contributed by atoms with E-state index >= 15 is 0 Å². The molecule has 3 rings (SSSR count). The molecule has 2 nitrogen and oxygen atoms in total. The van der Waals surface area contributed by atoms with Gasteiger partial charge in [0.05, 0.1) is 11.2 Å². The van der Waals surface area contributed by atoms with E-state index in [4.69, 9.17) is 0 Å². The van der Waals surface area contributed by atoms with Crippen LogP contribution in [0.4, 0.5) is 4.39 Å². The fraction of sp³-hybridized carbons (Fsp3) is 0.250. The van der Waals surface area contributed by atoms with Gasteiger partial charge in [0, 0.05) is 23.6 Å². The van der Waals surface area contributed by atoms with Crippen LogP contribution in [-0.2, 0) is 7.05 Å². The van der Waals surface area contributed by atoms with E-state index in [0.717, 1.165) is 27.7 Å². The van der Waals surface area contributed by atoms with Crippen LogP contribution < -0.4 is 5.43 Å². The van der Waals surface area contributed by atoms with E-state index in [0.29, 0.717) is 11.5 Å². The summed E-state index contributed by atoms with van der Waals surface area (Å²) >= 11 is 0. The zero-order valence-corrected chi connectivity index (χ0v) is 13.9. The van der Waals surface area contributed by atoms with E-state index in [9.17, 15) is 9.18 Å². The first kappa shape index (κ1) is 15.5. The number of aromatic nitrogens is 1. The Morgan fingerprint density at radius 3 is 2.48 bits per heavy atom. The molecule has 0 unspecified atom stereocenters. The molecule has 0 spiro atoms. The van der Waals surface area contributed by atoms with E-state index < -0.39 is 0 Å². The molecule has 118 valence electrons. The minimum absolute atomic E-state index is 0.0138. The van der Waals surface area contributed by atoms with Crippen LogP contribution in [0.2, 0.25) is 0 Å². The van der Waals surface area contributed by atoms with E-state index in [1.54, 1.807) is 6.07 Å². The van der Waals surface area contributed by atoms with Gasteiger partial charge in [-0.25, -0.2) is 4.39 Å². The molecule has 0 aliphatic heterocycles. The summed E-state index contributed by atoms with van der Waals surface area (Å²) in [6, 6.07) is 12.4. The van der Waals surface area contributed by atoms with Crippen molar-refractivity contribution in [3.8, 4) is 11.3 Å². The molecule has 3 heteroatoms. The highest BCUT2D eigenvalue weighted by atomic mass is 19.1. The molecule has 0 aliphatic rings. The average molecular weight is 309 g/mol. The molecular formula is C20H20FNO. The molecule has 0 N–H and O–H groups in total. The minimum atomic E-state index is -0.301. The number of nitrogens with zero attached hydrogens (tertiary/aromatic N) is 1. The van der Waals surface area contributed by atoms with Crippen LogP contribution in [0.15, 0.2) is 47.3 Å². The Morgan fingerprint density at radius 2 is 1.83 bits per heavy atom. The third-order valence-corrected chi connectivity index (χ3v) is 4.42. The first-order chi connectivity index (χ1) is 10.9. The third kappa shape index (κ3) is 2.56. The van der Waals surface area contributed by atoms with Gasteiger partial charge in [0.15, 0.2) is 5.43 Å². The van der Waals surface area contributed by atoms with Crippen molar-refractivity contribution < 1.29 is 4.39 Å². The predicted molar refractivity (Wildman–Crippen MR) is 93.4 cm³/mol. The third-order valence-electron chi connectivity index (χ3n) is 4.42. The first-order valence-electron chi connectivity index (χ1n) is 7.79. The summed E-state index contributed by atoms with van der Waals surface area (Å²) in [5.74, 6) is 0.0666.